The van der Waals surface area contributed by atoms with E-state index in [2.05, 4.69) is 0 Å². The maximum Gasteiger partial charge on any atom is 0.134 e. The van der Waals surface area contributed by atoms with Crippen molar-refractivity contribution >= 4 is 9.24 Å². The molecule has 0 aliphatic heterocycles. The third-order valence-electron chi connectivity index (χ3n) is 2.29. The SMILES string of the molecule is O[C@H]1[C@@H](O)[C@@H](O)[C@](O)(P)[C@@H](O)[C@@H]1O. The summed E-state index contributed by atoms with van der Waals surface area (Å²) in [7, 11) is 1.73. The second-order valence-electron chi connectivity index (χ2n) is 3.25. The van der Waals surface area contributed by atoms with Crippen LogP contribution in [0.5, 0.6) is 0 Å². The Bertz CT molecular complexity index is 180. The molecule has 1 rings (SSSR count). The highest BCUT2D eigenvalue weighted by molar-refractivity contribution is 7.18. The molecule has 0 bridgehead atoms. The van der Waals surface area contributed by atoms with E-state index < -0.39 is 35.9 Å². The Labute approximate surface area is 76.7 Å². The minimum atomic E-state index is -2.11. The molecule has 0 heterocycles. The van der Waals surface area contributed by atoms with Gasteiger partial charge in [-0.15, -0.1) is 0 Å². The highest BCUT2D eigenvalue weighted by Gasteiger charge is 2.54. The van der Waals surface area contributed by atoms with Crippen LogP contribution in [0.4, 0.5) is 0 Å². The summed E-state index contributed by atoms with van der Waals surface area (Å²) in [6, 6.07) is 0. The van der Waals surface area contributed by atoms with Gasteiger partial charge in [0, 0.05) is 0 Å². The molecule has 6 nitrogen and oxygen atoms in total. The van der Waals surface area contributed by atoms with Crippen LogP contribution in [0.2, 0.25) is 0 Å². The number of aliphatic hydroxyl groups is 6. The topological polar surface area (TPSA) is 121 Å². The van der Waals surface area contributed by atoms with Crippen molar-refractivity contribution in [3.05, 3.63) is 0 Å². The van der Waals surface area contributed by atoms with E-state index in [4.69, 9.17) is 15.3 Å². The molecule has 1 aliphatic carbocycles. The largest absolute Gasteiger partial charge is 0.387 e. The molecular weight excluding hydrogens is 199 g/mol. The van der Waals surface area contributed by atoms with Gasteiger partial charge in [-0.1, -0.05) is 9.24 Å². The van der Waals surface area contributed by atoms with Gasteiger partial charge in [-0.05, 0) is 0 Å². The van der Waals surface area contributed by atoms with E-state index in [1.807, 2.05) is 0 Å². The molecule has 6 N–H and O–H groups in total. The molecule has 7 atom stereocenters. The van der Waals surface area contributed by atoms with Crippen molar-refractivity contribution in [2.75, 3.05) is 0 Å². The molecule has 1 fully saturated rings. The second kappa shape index (κ2) is 3.40. The average Bonchev–Trinajstić information content (AvgIpc) is 2.09. The summed E-state index contributed by atoms with van der Waals surface area (Å²) in [5.74, 6) is 0. The fourth-order valence-corrected chi connectivity index (χ4v) is 1.69. The standard InChI is InChI=1S/C6H13O6P/c7-1-2(8)4(10)6(12,13)5(11)3(1)9/h1-5,7-12H,13H2/t1-,2-,3-,4+,5-,6-/m1/s1. The van der Waals surface area contributed by atoms with E-state index in [0.29, 0.717) is 0 Å². The van der Waals surface area contributed by atoms with Crippen molar-refractivity contribution in [3.8, 4) is 0 Å². The highest BCUT2D eigenvalue weighted by atomic mass is 31.0. The Morgan fingerprint density at radius 3 is 1.38 bits per heavy atom. The van der Waals surface area contributed by atoms with Gasteiger partial charge in [0.25, 0.3) is 0 Å². The van der Waals surface area contributed by atoms with E-state index in [-0.39, 0.29) is 0 Å². The van der Waals surface area contributed by atoms with Crippen molar-refractivity contribution in [3.63, 3.8) is 0 Å². The van der Waals surface area contributed by atoms with E-state index in [1.165, 1.54) is 0 Å². The fourth-order valence-electron chi connectivity index (χ4n) is 1.30. The lowest BCUT2D eigenvalue weighted by Crippen LogP contribution is -2.68. The summed E-state index contributed by atoms with van der Waals surface area (Å²) >= 11 is 0. The van der Waals surface area contributed by atoms with Crippen molar-refractivity contribution in [1.82, 2.24) is 0 Å². The fraction of sp³-hybridized carbons (Fsp3) is 1.00. The lowest BCUT2D eigenvalue weighted by Gasteiger charge is -2.45. The van der Waals surface area contributed by atoms with Crippen LogP contribution in [0, 0.1) is 0 Å². The molecule has 0 amide bonds. The quantitative estimate of drug-likeness (QED) is 0.230. The zero-order valence-corrected chi connectivity index (χ0v) is 7.80. The summed E-state index contributed by atoms with van der Waals surface area (Å²) in [5, 5.41) is 53.0. The minimum Gasteiger partial charge on any atom is -0.387 e. The van der Waals surface area contributed by atoms with Gasteiger partial charge >= 0.3 is 0 Å². The van der Waals surface area contributed by atoms with E-state index in [1.54, 1.807) is 9.24 Å². The number of hydrogen-bond acceptors (Lipinski definition) is 6. The van der Waals surface area contributed by atoms with Crippen molar-refractivity contribution in [2.45, 2.75) is 35.9 Å². The van der Waals surface area contributed by atoms with Gasteiger partial charge in [-0.25, -0.2) is 0 Å². The molecule has 1 unspecified atom stereocenters. The summed E-state index contributed by atoms with van der Waals surface area (Å²) in [5.41, 5.74) is 0. The Hall–Kier alpha value is 0.190. The van der Waals surface area contributed by atoms with E-state index in [9.17, 15) is 15.3 Å². The van der Waals surface area contributed by atoms with Gasteiger partial charge in [-0.3, -0.25) is 0 Å². The van der Waals surface area contributed by atoms with Crippen LogP contribution in [0.3, 0.4) is 0 Å². The lowest BCUT2D eigenvalue weighted by atomic mass is 9.84. The van der Waals surface area contributed by atoms with Crippen LogP contribution in [-0.2, 0) is 0 Å². The van der Waals surface area contributed by atoms with E-state index >= 15 is 0 Å². The first kappa shape index (κ1) is 11.3. The predicted octanol–water partition coefficient (Wildman–Crippen LogP) is -3.63. The van der Waals surface area contributed by atoms with E-state index in [0.717, 1.165) is 0 Å². The molecule has 0 radical (unpaired) electrons. The molecule has 13 heavy (non-hydrogen) atoms. The van der Waals surface area contributed by atoms with Gasteiger partial charge in [0.2, 0.25) is 0 Å². The monoisotopic (exact) mass is 212 g/mol. The van der Waals surface area contributed by atoms with Crippen LogP contribution in [0.1, 0.15) is 0 Å². The molecule has 1 saturated carbocycles. The molecular formula is C6H13O6P. The van der Waals surface area contributed by atoms with Crippen LogP contribution in [0.15, 0.2) is 0 Å². The summed E-state index contributed by atoms with van der Waals surface area (Å²) < 4.78 is 0. The minimum absolute atomic E-state index is 1.68. The van der Waals surface area contributed by atoms with Gasteiger partial charge in [0.05, 0.1) is 0 Å². The number of hydrogen-bond donors (Lipinski definition) is 6. The van der Waals surface area contributed by atoms with Crippen LogP contribution >= 0.6 is 9.24 Å². The van der Waals surface area contributed by atoms with Crippen LogP contribution < -0.4 is 0 Å². The molecule has 78 valence electrons. The predicted molar refractivity (Wildman–Crippen MR) is 44.7 cm³/mol. The molecule has 0 saturated heterocycles. The summed E-state index contributed by atoms with van der Waals surface area (Å²) in [4.78, 5) is 0. The first-order valence-corrected chi connectivity index (χ1v) is 4.29. The van der Waals surface area contributed by atoms with Gasteiger partial charge in [-0.2, -0.15) is 0 Å². The maximum atomic E-state index is 9.40. The molecule has 0 aromatic carbocycles. The van der Waals surface area contributed by atoms with Crippen LogP contribution in [-0.4, -0.2) is 66.5 Å². The first-order valence-electron chi connectivity index (χ1n) is 3.71. The Balaban J connectivity index is 2.93. The third kappa shape index (κ3) is 1.59. The van der Waals surface area contributed by atoms with Crippen molar-refractivity contribution in [2.24, 2.45) is 0 Å². The third-order valence-corrected chi connectivity index (χ3v) is 2.98. The summed E-state index contributed by atoms with van der Waals surface area (Å²) in [6.45, 7) is 0. The zero-order valence-electron chi connectivity index (χ0n) is 6.65. The number of rotatable bonds is 0. The van der Waals surface area contributed by atoms with Crippen molar-refractivity contribution in [1.29, 1.82) is 0 Å². The average molecular weight is 212 g/mol. The number of aliphatic hydroxyl groups excluding tert-OH is 5. The normalized spacial score (nSPS) is 57.9. The molecule has 0 aromatic rings. The van der Waals surface area contributed by atoms with Crippen LogP contribution in [0.25, 0.3) is 0 Å². The first-order chi connectivity index (χ1) is 5.80. The van der Waals surface area contributed by atoms with Crippen molar-refractivity contribution < 1.29 is 30.6 Å². The Morgan fingerprint density at radius 2 is 1.08 bits per heavy atom. The molecule has 0 aromatic heterocycles. The lowest BCUT2D eigenvalue weighted by molar-refractivity contribution is -0.236. The molecule has 0 spiro atoms. The highest BCUT2D eigenvalue weighted by Crippen LogP contribution is 2.34. The summed E-state index contributed by atoms with van der Waals surface area (Å²) in [6.07, 6.45) is -8.52. The smallest absolute Gasteiger partial charge is 0.134 e. The zero-order chi connectivity index (χ0) is 10.4. The second-order valence-corrected chi connectivity index (χ2v) is 4.17. The molecule has 1 aliphatic rings. The van der Waals surface area contributed by atoms with Gasteiger partial charge in [0.1, 0.15) is 35.9 Å². The van der Waals surface area contributed by atoms with Gasteiger partial charge < -0.3 is 30.6 Å². The maximum absolute atomic E-state index is 9.40. The Morgan fingerprint density at radius 1 is 0.769 bits per heavy atom. The molecule has 7 heteroatoms. The van der Waals surface area contributed by atoms with Gasteiger partial charge in [0.15, 0.2) is 0 Å². The Kier molecular flexibility index (Phi) is 2.95.